The number of carbonyl (C=O) groups is 2. The molecular weight excluding hydrogens is 432 g/mol. The number of anilines is 2. The normalized spacial score (nSPS) is 10.6. The molecule has 1 heterocycles. The SMILES string of the molecule is C=C(C)C(=O)Nc1ccccc1C(=O)Nc1n[nH]c2cc(-c3cc(OC)cc(OC)c3)ccc12. The van der Waals surface area contributed by atoms with E-state index in [-0.39, 0.29) is 5.91 Å². The van der Waals surface area contributed by atoms with Gasteiger partial charge in [-0.15, -0.1) is 0 Å². The van der Waals surface area contributed by atoms with Gasteiger partial charge in [0, 0.05) is 17.0 Å². The fourth-order valence-corrected chi connectivity index (χ4v) is 3.46. The van der Waals surface area contributed by atoms with E-state index in [1.54, 1.807) is 45.4 Å². The van der Waals surface area contributed by atoms with Gasteiger partial charge in [0.25, 0.3) is 11.8 Å². The van der Waals surface area contributed by atoms with E-state index in [1.165, 1.54) is 0 Å². The highest BCUT2D eigenvalue weighted by atomic mass is 16.5. The number of hydrogen-bond donors (Lipinski definition) is 3. The summed E-state index contributed by atoms with van der Waals surface area (Å²) in [6, 6.07) is 18.1. The van der Waals surface area contributed by atoms with Crippen molar-refractivity contribution in [3.05, 3.63) is 78.4 Å². The molecular formula is C26H24N4O4. The minimum absolute atomic E-state index is 0.313. The molecule has 0 radical (unpaired) electrons. The summed E-state index contributed by atoms with van der Waals surface area (Å²) in [7, 11) is 3.21. The second kappa shape index (κ2) is 9.50. The molecule has 0 aliphatic heterocycles. The number of aromatic nitrogens is 2. The van der Waals surface area contributed by atoms with E-state index in [1.807, 2.05) is 36.4 Å². The first-order valence-electron chi connectivity index (χ1n) is 10.5. The summed E-state index contributed by atoms with van der Waals surface area (Å²) < 4.78 is 10.7. The molecule has 0 spiro atoms. The van der Waals surface area contributed by atoms with Crippen molar-refractivity contribution in [2.75, 3.05) is 24.9 Å². The molecule has 1 aromatic heterocycles. The molecule has 8 heteroatoms. The number of nitrogens with one attached hydrogen (secondary N) is 3. The quantitative estimate of drug-likeness (QED) is 0.339. The van der Waals surface area contributed by atoms with Crippen LogP contribution in [0.2, 0.25) is 0 Å². The molecule has 2 amide bonds. The van der Waals surface area contributed by atoms with E-state index >= 15 is 0 Å². The Morgan fingerprint density at radius 2 is 1.62 bits per heavy atom. The van der Waals surface area contributed by atoms with Crippen LogP contribution in [-0.4, -0.2) is 36.2 Å². The van der Waals surface area contributed by atoms with Crippen molar-refractivity contribution in [1.82, 2.24) is 10.2 Å². The first-order valence-corrected chi connectivity index (χ1v) is 10.5. The summed E-state index contributed by atoms with van der Waals surface area (Å²) in [6.45, 7) is 5.23. The maximum Gasteiger partial charge on any atom is 0.258 e. The van der Waals surface area contributed by atoms with Gasteiger partial charge >= 0.3 is 0 Å². The molecule has 8 nitrogen and oxygen atoms in total. The molecule has 4 aromatic rings. The number of amides is 2. The number of nitrogens with zero attached hydrogens (tertiary/aromatic N) is 1. The van der Waals surface area contributed by atoms with Gasteiger partial charge in [-0.1, -0.05) is 24.8 Å². The molecule has 0 atom stereocenters. The van der Waals surface area contributed by atoms with Gasteiger partial charge in [-0.05, 0) is 54.4 Å². The molecule has 3 N–H and O–H groups in total. The van der Waals surface area contributed by atoms with Crippen LogP contribution in [0.5, 0.6) is 11.5 Å². The van der Waals surface area contributed by atoms with Crippen LogP contribution < -0.4 is 20.1 Å². The third-order valence-corrected chi connectivity index (χ3v) is 5.29. The predicted molar refractivity (Wildman–Crippen MR) is 132 cm³/mol. The Balaban J connectivity index is 1.61. The predicted octanol–water partition coefficient (Wildman–Crippen LogP) is 5.01. The molecule has 3 aromatic carbocycles. The summed E-state index contributed by atoms with van der Waals surface area (Å²) in [5.74, 6) is 1.00. The van der Waals surface area contributed by atoms with Gasteiger partial charge in [0.2, 0.25) is 0 Å². The number of H-pyrrole nitrogens is 1. The van der Waals surface area contributed by atoms with Gasteiger partial charge in [-0.3, -0.25) is 14.7 Å². The lowest BCUT2D eigenvalue weighted by Gasteiger charge is -2.11. The average molecular weight is 457 g/mol. The Kier molecular flexibility index (Phi) is 6.31. The standard InChI is InChI=1S/C26H24N4O4/c1-15(2)25(31)27-22-8-6-5-7-21(22)26(32)28-24-20-10-9-16(13-23(20)29-30-24)17-11-18(33-3)14-19(12-17)34-4/h5-14H,1H2,2-4H3,(H,27,31)(H2,28,29,30,32). The molecule has 0 saturated heterocycles. The largest absolute Gasteiger partial charge is 0.497 e. The van der Waals surface area contributed by atoms with Crippen molar-refractivity contribution >= 4 is 34.2 Å². The Labute approximate surface area is 196 Å². The molecule has 0 aliphatic carbocycles. The second-order valence-electron chi connectivity index (χ2n) is 7.67. The molecule has 172 valence electrons. The Morgan fingerprint density at radius 3 is 2.29 bits per heavy atom. The number of para-hydroxylation sites is 1. The fourth-order valence-electron chi connectivity index (χ4n) is 3.46. The van der Waals surface area contributed by atoms with Crippen LogP contribution >= 0.6 is 0 Å². The summed E-state index contributed by atoms with van der Waals surface area (Å²) in [6.07, 6.45) is 0. The van der Waals surface area contributed by atoms with Crippen molar-refractivity contribution in [2.24, 2.45) is 0 Å². The Morgan fingerprint density at radius 1 is 0.912 bits per heavy atom. The van der Waals surface area contributed by atoms with Crippen LogP contribution in [0.25, 0.3) is 22.0 Å². The zero-order valence-corrected chi connectivity index (χ0v) is 19.1. The lowest BCUT2D eigenvalue weighted by atomic mass is 10.0. The van der Waals surface area contributed by atoms with Gasteiger partial charge in [0.1, 0.15) is 11.5 Å². The number of aromatic amines is 1. The number of fused-ring (bicyclic) bond motifs is 1. The third kappa shape index (κ3) is 4.61. The van der Waals surface area contributed by atoms with E-state index in [2.05, 4.69) is 27.4 Å². The van der Waals surface area contributed by atoms with Gasteiger partial charge in [-0.2, -0.15) is 5.10 Å². The number of benzene rings is 3. The third-order valence-electron chi connectivity index (χ3n) is 5.29. The van der Waals surface area contributed by atoms with Gasteiger partial charge in [-0.25, -0.2) is 0 Å². The van der Waals surface area contributed by atoms with Gasteiger partial charge in [0.15, 0.2) is 5.82 Å². The number of ether oxygens (including phenoxy) is 2. The zero-order chi connectivity index (χ0) is 24.2. The lowest BCUT2D eigenvalue weighted by molar-refractivity contribution is -0.112. The highest BCUT2D eigenvalue weighted by Gasteiger charge is 2.16. The van der Waals surface area contributed by atoms with Crippen molar-refractivity contribution in [3.63, 3.8) is 0 Å². The topological polar surface area (TPSA) is 105 Å². The second-order valence-corrected chi connectivity index (χ2v) is 7.67. The van der Waals surface area contributed by atoms with Gasteiger partial charge < -0.3 is 20.1 Å². The number of rotatable bonds is 7. The van der Waals surface area contributed by atoms with Crippen molar-refractivity contribution < 1.29 is 19.1 Å². The van der Waals surface area contributed by atoms with E-state index in [9.17, 15) is 9.59 Å². The summed E-state index contributed by atoms with van der Waals surface area (Å²) in [5, 5.41) is 13.5. The van der Waals surface area contributed by atoms with Crippen LogP contribution in [0.3, 0.4) is 0 Å². The highest BCUT2D eigenvalue weighted by Crippen LogP contribution is 2.32. The van der Waals surface area contributed by atoms with Crippen LogP contribution in [0.4, 0.5) is 11.5 Å². The van der Waals surface area contributed by atoms with Gasteiger partial charge in [0.05, 0.1) is 31.0 Å². The van der Waals surface area contributed by atoms with Crippen LogP contribution in [0.1, 0.15) is 17.3 Å². The first-order chi connectivity index (χ1) is 16.4. The van der Waals surface area contributed by atoms with Crippen LogP contribution in [0.15, 0.2) is 72.8 Å². The maximum atomic E-state index is 13.0. The highest BCUT2D eigenvalue weighted by molar-refractivity contribution is 6.13. The molecule has 0 bridgehead atoms. The number of methoxy groups -OCH3 is 2. The maximum absolute atomic E-state index is 13.0. The Hall–Kier alpha value is -4.59. The average Bonchev–Trinajstić information content (AvgIpc) is 3.25. The molecule has 0 fully saturated rings. The molecule has 34 heavy (non-hydrogen) atoms. The summed E-state index contributed by atoms with van der Waals surface area (Å²) >= 11 is 0. The summed E-state index contributed by atoms with van der Waals surface area (Å²) in [5.41, 5.74) is 3.64. The van der Waals surface area contributed by atoms with Crippen molar-refractivity contribution in [1.29, 1.82) is 0 Å². The van der Waals surface area contributed by atoms with E-state index < -0.39 is 5.91 Å². The van der Waals surface area contributed by atoms with E-state index in [0.29, 0.717) is 34.1 Å². The number of carbonyl (C=O) groups excluding carboxylic acids is 2. The smallest absolute Gasteiger partial charge is 0.258 e. The zero-order valence-electron chi connectivity index (χ0n) is 19.1. The number of hydrogen-bond acceptors (Lipinski definition) is 5. The monoisotopic (exact) mass is 456 g/mol. The molecule has 0 aliphatic rings. The van der Waals surface area contributed by atoms with Crippen LogP contribution in [0, 0.1) is 0 Å². The minimum atomic E-state index is -0.396. The first kappa shape index (κ1) is 22.6. The summed E-state index contributed by atoms with van der Waals surface area (Å²) in [4.78, 5) is 25.0. The molecule has 0 unspecified atom stereocenters. The lowest BCUT2D eigenvalue weighted by Crippen LogP contribution is -2.18. The molecule has 4 rings (SSSR count). The Bertz CT molecular complexity index is 1380. The molecule has 0 saturated carbocycles. The van der Waals surface area contributed by atoms with Crippen molar-refractivity contribution in [3.8, 4) is 22.6 Å². The van der Waals surface area contributed by atoms with Crippen LogP contribution in [-0.2, 0) is 4.79 Å². The minimum Gasteiger partial charge on any atom is -0.497 e. The fraction of sp³-hybridized carbons (Fsp3) is 0.115. The van der Waals surface area contributed by atoms with E-state index in [0.717, 1.165) is 22.0 Å². The van der Waals surface area contributed by atoms with E-state index in [4.69, 9.17) is 9.47 Å². The van der Waals surface area contributed by atoms with Crippen molar-refractivity contribution in [2.45, 2.75) is 6.92 Å².